The molecule has 2 fully saturated rings. The molecule has 33 heteroatoms. The summed E-state index contributed by atoms with van der Waals surface area (Å²) >= 11 is 0. The largest absolute Gasteiger partial charge is 0.468 e. The molecule has 4 atom stereocenters. The van der Waals surface area contributed by atoms with Crippen molar-refractivity contribution in [2.24, 2.45) is 5.92 Å². The maximum Gasteiger partial charge on any atom is 0.319 e. The van der Waals surface area contributed by atoms with Crippen LogP contribution in [0.15, 0.2) is 54.7 Å². The first kappa shape index (κ1) is 77.4. The third-order valence-electron chi connectivity index (χ3n) is 15.9. The van der Waals surface area contributed by atoms with Gasteiger partial charge in [0.2, 0.25) is 65.0 Å². The van der Waals surface area contributed by atoms with Crippen LogP contribution in [0.2, 0.25) is 0 Å². The van der Waals surface area contributed by atoms with Crippen molar-refractivity contribution < 1.29 is 76.6 Å². The van der Waals surface area contributed by atoms with E-state index in [1.165, 1.54) is 14.0 Å². The average molecular weight is 1340 g/mol. The molecular formula is C63H93N17O16. The number of hydrogen-bond donors (Lipinski definition) is 12. The van der Waals surface area contributed by atoms with Crippen LogP contribution in [0.1, 0.15) is 44.7 Å². The maximum absolute atomic E-state index is 13.7. The van der Waals surface area contributed by atoms with E-state index >= 15 is 0 Å². The van der Waals surface area contributed by atoms with Gasteiger partial charge in [0.15, 0.2) is 0 Å². The number of hydrogen-bond acceptors (Lipinski definition) is 21. The SMILES string of the molecule is CNC(=O)[C@@H]1CCCN1CCNC(=O)[C@H](C)NC(=O)CNC(=O)[C@@H](NC(=O)CNC(=O)C(Cc1c[nH]c2ccccc12)NC(=O)CNC(=O)CNC(=O)COCC(=O)Nc1ccc(CNC(=O)CN2CCN(CC=O)CCN(CC=O)CCN(CC(=O)OC)CC2)cc1)C(C)C. The predicted molar refractivity (Wildman–Crippen MR) is 350 cm³/mol. The van der Waals surface area contributed by atoms with E-state index in [-0.39, 0.29) is 63.5 Å². The number of rotatable bonds is 36. The number of para-hydroxylation sites is 1. The van der Waals surface area contributed by atoms with Crippen molar-refractivity contribution in [3.05, 3.63) is 65.9 Å². The first-order valence-electron chi connectivity index (χ1n) is 31.9. The summed E-state index contributed by atoms with van der Waals surface area (Å²) in [5.41, 5.74) is 2.53. The summed E-state index contributed by atoms with van der Waals surface area (Å²) < 4.78 is 10.1. The molecule has 2 aliphatic rings. The number of amides is 11. The number of likely N-dealkylation sites (tertiary alicyclic amines) is 1. The third-order valence-corrected chi connectivity index (χ3v) is 15.9. The van der Waals surface area contributed by atoms with Crippen LogP contribution in [-0.2, 0) is 89.6 Å². The second kappa shape index (κ2) is 41.5. The van der Waals surface area contributed by atoms with Crippen molar-refractivity contribution >= 4 is 100 Å². The number of fused-ring (bicyclic) bond motifs is 1. The van der Waals surface area contributed by atoms with E-state index in [1.807, 2.05) is 42.7 Å². The molecule has 2 saturated heterocycles. The molecule has 33 nitrogen and oxygen atoms in total. The number of ether oxygens (including phenoxy) is 2. The number of carbonyl (C=O) groups excluding carboxylic acids is 14. The second-order valence-corrected chi connectivity index (χ2v) is 23.4. The zero-order valence-corrected chi connectivity index (χ0v) is 55.2. The van der Waals surface area contributed by atoms with Gasteiger partial charge >= 0.3 is 5.97 Å². The molecule has 2 aliphatic heterocycles. The minimum atomic E-state index is -1.28. The van der Waals surface area contributed by atoms with Gasteiger partial charge < -0.3 is 82.5 Å². The first-order valence-corrected chi connectivity index (χ1v) is 31.9. The van der Waals surface area contributed by atoms with Gasteiger partial charge in [0.25, 0.3) is 0 Å². The number of aromatic nitrogens is 1. The van der Waals surface area contributed by atoms with Crippen molar-refractivity contribution in [2.45, 2.75) is 70.7 Å². The summed E-state index contributed by atoms with van der Waals surface area (Å²) in [6.45, 7) is 7.30. The van der Waals surface area contributed by atoms with E-state index in [9.17, 15) is 67.1 Å². The lowest BCUT2D eigenvalue weighted by atomic mass is 10.0. The molecule has 0 radical (unpaired) electrons. The predicted octanol–water partition coefficient (Wildman–Crippen LogP) is -5.30. The van der Waals surface area contributed by atoms with Crippen LogP contribution >= 0.6 is 0 Å². The molecule has 3 heterocycles. The molecule has 526 valence electrons. The van der Waals surface area contributed by atoms with Crippen molar-refractivity contribution in [2.75, 3.05) is 157 Å². The van der Waals surface area contributed by atoms with Gasteiger partial charge in [0, 0.05) is 108 Å². The quantitative estimate of drug-likeness (QED) is 0.0191. The lowest BCUT2D eigenvalue weighted by Gasteiger charge is -2.32. The molecule has 96 heavy (non-hydrogen) atoms. The number of benzene rings is 2. The Morgan fingerprint density at radius 2 is 1.17 bits per heavy atom. The van der Waals surface area contributed by atoms with Crippen LogP contribution in [0.3, 0.4) is 0 Å². The standard InChI is InChI=1S/C63H93N17O16/c1-42(2)59(63(94)71-36-52(84)72-43(3)60(91)65-16-18-80-17-8-11-50(80)62(93)64-4)75-54(86)37-70-61(92)49(31-45-33-66-48-10-7-6-9-47(45)48)74-53(85)35-68-51(83)34-69-56(88)40-96-41-57(89)73-46-14-12-44(13-15-46)32-67-55(87)38-78-23-21-76(27-29-81)19-20-77(28-30-82)22-24-79(26-25-78)39-58(90)95-5/h6-7,9-10,12-15,29-30,33,42-43,49-50,59,66H,8,11,16-28,31-32,34-41H2,1-5H3,(H,64,93)(H,65,91)(H,67,87)(H,68,83)(H,69,88)(H,70,92)(H,71,94)(H,72,84)(H,73,89)(H,74,85)(H,75,86)/t43-,49?,50-,59-/m0/s1. The Labute approximate surface area is 557 Å². The van der Waals surface area contributed by atoms with Gasteiger partial charge in [-0.25, -0.2) is 0 Å². The number of nitrogens with zero attached hydrogens (tertiary/aromatic N) is 5. The highest BCUT2D eigenvalue weighted by Crippen LogP contribution is 2.20. The minimum Gasteiger partial charge on any atom is -0.468 e. The van der Waals surface area contributed by atoms with E-state index in [1.54, 1.807) is 57.4 Å². The fourth-order valence-corrected chi connectivity index (χ4v) is 10.5. The van der Waals surface area contributed by atoms with Crippen LogP contribution in [0.4, 0.5) is 5.69 Å². The Morgan fingerprint density at radius 1 is 0.594 bits per heavy atom. The lowest BCUT2D eigenvalue weighted by molar-refractivity contribution is -0.142. The van der Waals surface area contributed by atoms with Gasteiger partial charge in [-0.1, -0.05) is 44.2 Å². The number of H-pyrrole nitrogens is 1. The molecule has 1 unspecified atom stereocenters. The first-order chi connectivity index (χ1) is 46.1. The summed E-state index contributed by atoms with van der Waals surface area (Å²) in [4.78, 5) is 190. The summed E-state index contributed by atoms with van der Waals surface area (Å²) in [5.74, 6) is -7.54. The molecule has 2 aromatic carbocycles. The molecule has 11 amide bonds. The molecule has 0 saturated carbocycles. The Hall–Kier alpha value is -9.28. The smallest absolute Gasteiger partial charge is 0.319 e. The Bertz CT molecular complexity index is 3130. The monoisotopic (exact) mass is 1340 g/mol. The van der Waals surface area contributed by atoms with Crippen molar-refractivity contribution in [3.63, 3.8) is 0 Å². The zero-order chi connectivity index (χ0) is 69.9. The normalized spacial score (nSPS) is 16.2. The van der Waals surface area contributed by atoms with Crippen molar-refractivity contribution in [3.8, 4) is 0 Å². The fraction of sp³-hybridized carbons (Fsp3) is 0.556. The van der Waals surface area contributed by atoms with E-state index in [0.717, 1.165) is 48.4 Å². The summed E-state index contributed by atoms with van der Waals surface area (Å²) in [7, 11) is 2.88. The van der Waals surface area contributed by atoms with Gasteiger partial charge in [0.05, 0.1) is 65.5 Å². The Kier molecular flexibility index (Phi) is 33.5. The number of aldehydes is 2. The van der Waals surface area contributed by atoms with E-state index < -0.39 is 123 Å². The van der Waals surface area contributed by atoms with Gasteiger partial charge in [-0.05, 0) is 61.6 Å². The number of anilines is 1. The lowest BCUT2D eigenvalue weighted by Crippen LogP contribution is -2.55. The molecular weight excluding hydrogens is 1250 g/mol. The van der Waals surface area contributed by atoms with Crippen LogP contribution in [0, 0.1) is 5.92 Å². The van der Waals surface area contributed by atoms with Gasteiger partial charge in [-0.2, -0.15) is 0 Å². The average Bonchev–Trinajstić information content (AvgIpc) is 1.69. The molecule has 5 rings (SSSR count). The molecule has 0 spiro atoms. The number of methoxy groups -OCH3 is 1. The summed E-state index contributed by atoms with van der Waals surface area (Å²) in [5, 5.41) is 29.0. The fourth-order valence-electron chi connectivity index (χ4n) is 10.5. The van der Waals surface area contributed by atoms with Crippen LogP contribution in [-0.4, -0.2) is 289 Å². The molecule has 12 N–H and O–H groups in total. The molecule has 0 bridgehead atoms. The number of likely N-dealkylation sites (N-methyl/N-ethyl adjacent to an activating group) is 1. The highest BCUT2D eigenvalue weighted by atomic mass is 16.5. The van der Waals surface area contributed by atoms with Crippen LogP contribution in [0.25, 0.3) is 10.9 Å². The van der Waals surface area contributed by atoms with E-state index in [4.69, 9.17) is 9.47 Å². The van der Waals surface area contributed by atoms with Gasteiger partial charge in [0.1, 0.15) is 43.9 Å². The highest BCUT2D eigenvalue weighted by Gasteiger charge is 2.31. The number of carbonyl (C=O) groups is 14. The summed E-state index contributed by atoms with van der Waals surface area (Å²) in [6, 6.07) is 10.2. The highest BCUT2D eigenvalue weighted by molar-refractivity contribution is 5.96. The van der Waals surface area contributed by atoms with Gasteiger partial charge in [-0.15, -0.1) is 0 Å². The topological polar surface area (TPSA) is 422 Å². The van der Waals surface area contributed by atoms with Gasteiger partial charge in [-0.3, -0.25) is 82.0 Å². The molecule has 1 aromatic heterocycles. The maximum atomic E-state index is 13.7. The van der Waals surface area contributed by atoms with E-state index in [0.29, 0.717) is 70.2 Å². The van der Waals surface area contributed by atoms with Crippen LogP contribution < -0.4 is 58.5 Å². The number of esters is 1. The molecule has 3 aromatic rings. The zero-order valence-electron chi connectivity index (χ0n) is 55.2. The second-order valence-electron chi connectivity index (χ2n) is 23.4. The van der Waals surface area contributed by atoms with E-state index in [2.05, 4.69) is 63.5 Å². The molecule has 0 aliphatic carbocycles. The third kappa shape index (κ3) is 28.0. The Morgan fingerprint density at radius 3 is 1.80 bits per heavy atom. The minimum absolute atomic E-state index is 0.0415. The van der Waals surface area contributed by atoms with Crippen LogP contribution in [0.5, 0.6) is 0 Å². The number of aromatic amines is 1. The number of nitrogens with one attached hydrogen (secondary N) is 12. The Balaban J connectivity index is 0.999. The van der Waals surface area contributed by atoms with Crippen molar-refractivity contribution in [1.29, 1.82) is 0 Å². The summed E-state index contributed by atoms with van der Waals surface area (Å²) in [6.07, 6.45) is 4.83. The van der Waals surface area contributed by atoms with Crippen molar-refractivity contribution in [1.82, 2.24) is 82.7 Å².